The van der Waals surface area contributed by atoms with E-state index in [0.29, 0.717) is 0 Å². The maximum absolute atomic E-state index is 10.1. The third-order valence-electron chi connectivity index (χ3n) is 4.55. The van der Waals surface area contributed by atoms with Crippen molar-refractivity contribution in [2.45, 2.75) is 44.9 Å². The Kier molecular flexibility index (Phi) is 14.4. The largest absolute Gasteiger partial charge is 0.520 e. The van der Waals surface area contributed by atoms with Crippen LogP contribution >= 0.6 is 11.8 Å². The topological polar surface area (TPSA) is 102 Å². The molecule has 0 aliphatic rings. The van der Waals surface area contributed by atoms with Gasteiger partial charge in [-0.2, -0.15) is 6.41 Å². The zero-order valence-corrected chi connectivity index (χ0v) is 22.0. The van der Waals surface area contributed by atoms with Crippen LogP contribution in [0, 0.1) is 6.92 Å². The molecule has 0 saturated carbocycles. The van der Waals surface area contributed by atoms with Crippen LogP contribution in [0.1, 0.15) is 37.3 Å². The average molecular weight is 703 g/mol. The summed E-state index contributed by atoms with van der Waals surface area (Å²) in [4.78, 5) is 19.8. The number of aryl methyl sites for hydroxylation is 2. The molecule has 0 aliphatic carbocycles. The van der Waals surface area contributed by atoms with Crippen molar-refractivity contribution in [3.05, 3.63) is 53.6 Å². The Morgan fingerprint density at radius 3 is 2.44 bits per heavy atom. The Morgan fingerprint density at radius 1 is 1.22 bits per heavy atom. The Balaban J connectivity index is 0.000000747. The van der Waals surface area contributed by atoms with E-state index in [1.165, 1.54) is 40.4 Å². The Bertz CT molecular complexity index is 803. The van der Waals surface area contributed by atoms with E-state index < -0.39 is 5.97 Å². The molecule has 2 rings (SSSR count). The molecule has 32 heavy (non-hydrogen) atoms. The van der Waals surface area contributed by atoms with E-state index in [1.807, 2.05) is 0 Å². The molecule has 0 radical (unpaired) electrons. The van der Waals surface area contributed by atoms with Gasteiger partial charge < -0.3 is 25.7 Å². The molecule has 1 unspecified atom stereocenters. The molecule has 0 fully saturated rings. The second-order valence-corrected chi connectivity index (χ2v) is 7.99. The van der Waals surface area contributed by atoms with Crippen LogP contribution in [0.4, 0.5) is 0 Å². The van der Waals surface area contributed by atoms with E-state index in [2.05, 4.69) is 61.6 Å². The molecular formula is C24H33FmN2O4S-. The second kappa shape index (κ2) is 16.2. The van der Waals surface area contributed by atoms with Crippen molar-refractivity contribution in [1.82, 2.24) is 5.32 Å². The normalized spacial score (nSPS) is 10.8. The molecule has 4 N–H and O–H groups in total. The number of aliphatic carboxylic acids is 1. The van der Waals surface area contributed by atoms with Crippen LogP contribution in [-0.4, -0.2) is 42.3 Å². The molecule has 2 aromatic carbocycles. The molecule has 0 aliphatic heterocycles. The van der Waals surface area contributed by atoms with Gasteiger partial charge in [0.2, 0.25) is 0 Å². The first-order chi connectivity index (χ1) is 14.9. The second-order valence-electron chi connectivity index (χ2n) is 6.95. The molecular weight excluding hydrogens is 669 g/mol. The van der Waals surface area contributed by atoms with Crippen molar-refractivity contribution < 1.29 is 19.4 Å². The number of carboxylic acids is 1. The van der Waals surface area contributed by atoms with Gasteiger partial charge in [-0.25, -0.2) is 0 Å². The van der Waals surface area contributed by atoms with Crippen LogP contribution < -0.4 is 15.8 Å². The predicted octanol–water partition coefficient (Wildman–Crippen LogP) is 4.15. The number of hydrogen-bond donors (Lipinski definition) is 3. The third kappa shape index (κ3) is 10.5. The van der Waals surface area contributed by atoms with Crippen LogP contribution in [0.2, 0.25) is 0 Å². The summed E-state index contributed by atoms with van der Waals surface area (Å²) in [6.45, 7) is 5.77. The number of carbonyl (C=O) groups is 1. The molecule has 0 saturated heterocycles. The summed E-state index contributed by atoms with van der Waals surface area (Å²) < 4.78 is 5.80. The monoisotopic (exact) mass is 702 g/mol. The van der Waals surface area contributed by atoms with Crippen molar-refractivity contribution >= 4 is 24.1 Å². The van der Waals surface area contributed by atoms with E-state index in [4.69, 9.17) is 15.6 Å². The van der Waals surface area contributed by atoms with E-state index in [1.54, 1.807) is 6.26 Å². The first-order valence-corrected chi connectivity index (χ1v) is 11.6. The zero-order chi connectivity index (χ0) is 23.1. The van der Waals surface area contributed by atoms with Crippen LogP contribution in [0.25, 0.3) is 11.1 Å². The van der Waals surface area contributed by atoms with E-state index in [9.17, 15) is 9.59 Å². The molecule has 1 amide bonds. The van der Waals surface area contributed by atoms with Crippen molar-refractivity contribution in [1.29, 1.82) is 0 Å². The first-order valence-electron chi connectivity index (χ1n) is 10.3. The molecule has 182 valence electrons. The van der Waals surface area contributed by atoms with Gasteiger partial charge in [0.05, 0.1) is 18.4 Å². The molecule has 6 nitrogen and oxygen atoms in total. The fourth-order valence-corrected chi connectivity index (χ4v) is 3.30. The fourth-order valence-electron chi connectivity index (χ4n) is 2.82. The minimum absolute atomic E-state index is 0. The van der Waals surface area contributed by atoms with Gasteiger partial charge in [0.1, 0.15) is 5.75 Å². The smallest absolute Gasteiger partial charge is 0.306 e. The van der Waals surface area contributed by atoms with E-state index in [0.717, 1.165) is 38.2 Å². The number of benzene rings is 2. The van der Waals surface area contributed by atoms with Gasteiger partial charge in [-0.3, -0.25) is 4.79 Å². The average Bonchev–Trinajstić information content (AvgIpc) is 2.77. The van der Waals surface area contributed by atoms with Crippen molar-refractivity contribution in [2.75, 3.05) is 19.4 Å². The minimum Gasteiger partial charge on any atom is -0.520 e. The van der Waals surface area contributed by atoms with E-state index in [-0.39, 0.29) is 11.8 Å². The molecule has 0 heterocycles. The van der Waals surface area contributed by atoms with Gasteiger partial charge >= 0.3 is 5.97 Å². The number of rotatable bonds is 12. The summed E-state index contributed by atoms with van der Waals surface area (Å²) >= 11 is 1.27. The number of unbranched alkanes of at least 4 members (excludes halogenated alkanes) is 1. The van der Waals surface area contributed by atoms with E-state index >= 15 is 0 Å². The maximum Gasteiger partial charge on any atom is 0.306 e. The summed E-state index contributed by atoms with van der Waals surface area (Å²) in [5.74, 6) is 0.0295. The van der Waals surface area contributed by atoms with Crippen molar-refractivity contribution in [2.24, 2.45) is 5.73 Å². The summed E-state index contributed by atoms with van der Waals surface area (Å²) in [5, 5.41) is 10.1. The van der Waals surface area contributed by atoms with Gasteiger partial charge in [0.25, 0.3) is 0 Å². The van der Waals surface area contributed by atoms with Crippen molar-refractivity contribution in [3.63, 3.8) is 0 Å². The predicted molar refractivity (Wildman–Crippen MR) is 128 cm³/mol. The zero-order valence-electron chi connectivity index (χ0n) is 18.8. The molecule has 0 spiro atoms. The van der Waals surface area contributed by atoms with Crippen LogP contribution in [0.3, 0.4) is 0 Å². The van der Waals surface area contributed by atoms with Crippen LogP contribution in [0.15, 0.2) is 42.5 Å². The SMILES string of the molecule is CCc1cc(OCCCCN)ccc1-c1ccc(C)cc1.CSC(CC(=O)O)N[C-]=O.[Fm]. The summed E-state index contributed by atoms with van der Waals surface area (Å²) in [6, 6.07) is 15.1. The molecule has 2 aromatic rings. The molecule has 0 aromatic heterocycles. The standard InChI is InChI=1S/C19H25NO.C5H8NO3S.Fm/c1-3-16-14-18(21-13-5-4-12-20)10-11-19(16)17-8-6-15(2)7-9-17;1-10-4(6-3-7)2-5(8)9;/h6-11,14H,3-5,12-13,20H2,1-2H3;4H,2H2,1H3,(H,6,7)(H,8,9);/q;-1;. The van der Waals surface area contributed by atoms with Crippen molar-refractivity contribution in [3.8, 4) is 16.9 Å². The molecule has 8 heteroatoms. The number of ether oxygens (including phenoxy) is 1. The number of nitrogens with two attached hydrogens (primary N) is 1. The number of carbonyl (C=O) groups excluding carboxylic acids is 1. The summed E-state index contributed by atoms with van der Waals surface area (Å²) in [7, 11) is 0. The number of amides is 1. The molecule has 1 atom stereocenters. The quantitative estimate of drug-likeness (QED) is 0.133. The Morgan fingerprint density at radius 2 is 1.91 bits per heavy atom. The Hall–Kier alpha value is -3.51. The van der Waals surface area contributed by atoms with Gasteiger partial charge in [0.15, 0.2) is 0 Å². The van der Waals surface area contributed by atoms with Crippen LogP contribution in [0.5, 0.6) is 5.75 Å². The van der Waals surface area contributed by atoms with Gasteiger partial charge in [0, 0.05) is 0 Å². The van der Waals surface area contributed by atoms with Gasteiger partial charge in [-0.15, -0.1) is 11.8 Å². The number of carboxylic acid groups (broad SMARTS) is 1. The molecule has 0 bridgehead atoms. The van der Waals surface area contributed by atoms with Crippen LogP contribution in [-0.2, 0) is 16.0 Å². The Labute approximate surface area is 189 Å². The number of hydrogen-bond acceptors (Lipinski definition) is 5. The van der Waals surface area contributed by atoms with Gasteiger partial charge in [-0.1, -0.05) is 42.8 Å². The van der Waals surface area contributed by atoms with Gasteiger partial charge in [-0.05, 0) is 67.8 Å². The number of thioether (sulfide) groups is 1. The summed E-state index contributed by atoms with van der Waals surface area (Å²) in [5.41, 5.74) is 10.7. The fraction of sp³-hybridized carbons (Fsp3) is 0.417. The minimum atomic E-state index is -0.929. The first kappa shape index (κ1) is 28.5. The maximum atomic E-state index is 10.1. The summed E-state index contributed by atoms with van der Waals surface area (Å²) in [6.07, 6.45) is 6.12. The number of nitrogens with one attached hydrogen (secondary N) is 1. The third-order valence-corrected chi connectivity index (χ3v) is 5.41.